The number of aromatic nitrogens is 2. The van der Waals surface area contributed by atoms with Crippen molar-refractivity contribution in [2.75, 3.05) is 19.5 Å². The van der Waals surface area contributed by atoms with Crippen LogP contribution in [-0.4, -0.2) is 35.0 Å². The molecule has 3 aromatic rings. The second-order valence-electron chi connectivity index (χ2n) is 5.63. The van der Waals surface area contributed by atoms with Gasteiger partial charge in [-0.1, -0.05) is 6.07 Å². The van der Waals surface area contributed by atoms with E-state index in [1.165, 1.54) is 19.3 Å². The van der Waals surface area contributed by atoms with E-state index in [1.54, 1.807) is 42.4 Å². The van der Waals surface area contributed by atoms with Crippen LogP contribution in [0.1, 0.15) is 5.56 Å². The minimum Gasteiger partial charge on any atom is -0.504 e. The largest absolute Gasteiger partial charge is 0.504 e. The Morgan fingerprint density at radius 1 is 1.15 bits per heavy atom. The molecule has 2 aromatic carbocycles. The van der Waals surface area contributed by atoms with Gasteiger partial charge in [0.15, 0.2) is 11.5 Å². The van der Waals surface area contributed by atoms with E-state index in [0.717, 1.165) is 17.0 Å². The Kier molecular flexibility index (Phi) is 5.41. The maximum Gasteiger partial charge on any atom is 0.248 e. The molecule has 0 radical (unpaired) electrons. The zero-order valence-corrected chi connectivity index (χ0v) is 14.9. The number of carbonyl (C=O) groups excluding carboxylic acids is 1. The summed E-state index contributed by atoms with van der Waals surface area (Å²) in [6.07, 6.45) is 6.32. The molecule has 0 saturated heterocycles. The van der Waals surface area contributed by atoms with Crippen LogP contribution in [0.2, 0.25) is 0 Å². The molecule has 7 heteroatoms. The number of hydrogen-bond acceptors (Lipinski definition) is 5. The number of carbonyl (C=O) groups is 1. The van der Waals surface area contributed by atoms with Crippen LogP contribution >= 0.6 is 0 Å². The van der Waals surface area contributed by atoms with Gasteiger partial charge in [0.2, 0.25) is 5.91 Å². The molecule has 0 fully saturated rings. The van der Waals surface area contributed by atoms with Gasteiger partial charge in [0.1, 0.15) is 5.75 Å². The Balaban J connectivity index is 1.65. The van der Waals surface area contributed by atoms with Crippen molar-refractivity contribution in [3.8, 4) is 22.9 Å². The standard InChI is InChI=1S/C20H19N3O4/c1-26-17-7-5-16(6-8-17)23-13-15(12-21-23)22-20(25)10-4-14-3-9-18(24)19(11-14)27-2/h3-13,24H,1-2H3,(H,22,25)/b10-4+. The topological polar surface area (TPSA) is 85.6 Å². The molecule has 1 amide bonds. The highest BCUT2D eigenvalue weighted by molar-refractivity contribution is 6.01. The van der Waals surface area contributed by atoms with Crippen LogP contribution in [0, 0.1) is 0 Å². The summed E-state index contributed by atoms with van der Waals surface area (Å²) in [5, 5.41) is 16.6. The molecule has 2 N–H and O–H groups in total. The van der Waals surface area contributed by atoms with Crippen molar-refractivity contribution in [2.45, 2.75) is 0 Å². The van der Waals surface area contributed by atoms with E-state index < -0.39 is 0 Å². The second-order valence-corrected chi connectivity index (χ2v) is 5.63. The highest BCUT2D eigenvalue weighted by Gasteiger charge is 2.05. The normalized spacial score (nSPS) is 10.7. The first-order valence-electron chi connectivity index (χ1n) is 8.14. The summed E-state index contributed by atoms with van der Waals surface area (Å²) in [5.74, 6) is 0.857. The van der Waals surface area contributed by atoms with Gasteiger partial charge in [-0.05, 0) is 48.0 Å². The number of phenolic OH excluding ortho intramolecular Hbond substituents is 1. The van der Waals surface area contributed by atoms with E-state index in [0.29, 0.717) is 11.4 Å². The van der Waals surface area contributed by atoms with E-state index in [1.807, 2.05) is 24.3 Å². The molecular formula is C20H19N3O4. The highest BCUT2D eigenvalue weighted by Crippen LogP contribution is 2.26. The Labute approximate surface area is 156 Å². The van der Waals surface area contributed by atoms with Crippen molar-refractivity contribution in [3.63, 3.8) is 0 Å². The van der Waals surface area contributed by atoms with Gasteiger partial charge in [-0.15, -0.1) is 0 Å². The van der Waals surface area contributed by atoms with E-state index >= 15 is 0 Å². The van der Waals surface area contributed by atoms with Gasteiger partial charge in [-0.25, -0.2) is 4.68 Å². The Hall–Kier alpha value is -3.74. The predicted molar refractivity (Wildman–Crippen MR) is 102 cm³/mol. The summed E-state index contributed by atoms with van der Waals surface area (Å²) in [6.45, 7) is 0. The fourth-order valence-electron chi connectivity index (χ4n) is 2.42. The van der Waals surface area contributed by atoms with Gasteiger partial charge in [0.05, 0.1) is 38.0 Å². The molecular weight excluding hydrogens is 346 g/mol. The lowest BCUT2D eigenvalue weighted by Gasteiger charge is -2.04. The van der Waals surface area contributed by atoms with Crippen LogP contribution in [-0.2, 0) is 4.79 Å². The number of phenols is 1. The Morgan fingerprint density at radius 2 is 1.93 bits per heavy atom. The molecule has 0 unspecified atom stereocenters. The molecule has 7 nitrogen and oxygen atoms in total. The number of benzene rings is 2. The molecule has 1 heterocycles. The van der Waals surface area contributed by atoms with Crippen LogP contribution in [0.5, 0.6) is 17.2 Å². The first-order chi connectivity index (χ1) is 13.1. The van der Waals surface area contributed by atoms with Crippen molar-refractivity contribution in [1.82, 2.24) is 9.78 Å². The number of hydrogen-bond donors (Lipinski definition) is 2. The summed E-state index contributed by atoms with van der Waals surface area (Å²) in [4.78, 5) is 12.1. The van der Waals surface area contributed by atoms with Gasteiger partial charge >= 0.3 is 0 Å². The Morgan fingerprint density at radius 3 is 2.63 bits per heavy atom. The number of nitrogens with zero attached hydrogens (tertiary/aromatic N) is 2. The third-order valence-electron chi connectivity index (χ3n) is 3.82. The minimum absolute atomic E-state index is 0.0463. The molecule has 138 valence electrons. The number of nitrogens with one attached hydrogen (secondary N) is 1. The van der Waals surface area contributed by atoms with Crippen molar-refractivity contribution in [1.29, 1.82) is 0 Å². The van der Waals surface area contributed by atoms with Gasteiger partial charge in [0.25, 0.3) is 0 Å². The number of amides is 1. The summed E-state index contributed by atoms with van der Waals surface area (Å²) < 4.78 is 11.8. The van der Waals surface area contributed by atoms with Crippen LogP contribution in [0.3, 0.4) is 0 Å². The molecule has 0 saturated carbocycles. The van der Waals surface area contributed by atoms with Crippen LogP contribution in [0.25, 0.3) is 11.8 Å². The maximum atomic E-state index is 12.1. The quantitative estimate of drug-likeness (QED) is 0.655. The first kappa shape index (κ1) is 18.1. The van der Waals surface area contributed by atoms with Crippen LogP contribution in [0.15, 0.2) is 60.9 Å². The van der Waals surface area contributed by atoms with E-state index in [9.17, 15) is 9.90 Å². The zero-order chi connectivity index (χ0) is 19.2. The fraction of sp³-hybridized carbons (Fsp3) is 0.100. The minimum atomic E-state index is -0.295. The predicted octanol–water partition coefficient (Wildman–Crippen LogP) is 3.25. The second kappa shape index (κ2) is 8.09. The lowest BCUT2D eigenvalue weighted by Crippen LogP contribution is -2.06. The molecule has 0 aliphatic carbocycles. The maximum absolute atomic E-state index is 12.1. The van der Waals surface area contributed by atoms with Gasteiger partial charge in [-0.2, -0.15) is 5.10 Å². The molecule has 0 aliphatic rings. The molecule has 0 aliphatic heterocycles. The van der Waals surface area contributed by atoms with Crippen molar-refractivity contribution in [2.24, 2.45) is 0 Å². The summed E-state index contributed by atoms with van der Waals surface area (Å²) >= 11 is 0. The lowest BCUT2D eigenvalue weighted by molar-refractivity contribution is -0.111. The average Bonchev–Trinajstić information content (AvgIpc) is 3.15. The van der Waals surface area contributed by atoms with Crippen molar-refractivity contribution < 1.29 is 19.4 Å². The summed E-state index contributed by atoms with van der Waals surface area (Å²) in [6, 6.07) is 12.2. The smallest absolute Gasteiger partial charge is 0.248 e. The number of ether oxygens (including phenoxy) is 2. The number of rotatable bonds is 6. The molecule has 0 bridgehead atoms. The van der Waals surface area contributed by atoms with Crippen LogP contribution in [0.4, 0.5) is 5.69 Å². The lowest BCUT2D eigenvalue weighted by atomic mass is 10.2. The van der Waals surface area contributed by atoms with Gasteiger partial charge in [-0.3, -0.25) is 4.79 Å². The summed E-state index contributed by atoms with van der Waals surface area (Å²) in [7, 11) is 3.08. The van der Waals surface area contributed by atoms with Crippen molar-refractivity contribution in [3.05, 3.63) is 66.5 Å². The van der Waals surface area contributed by atoms with Gasteiger partial charge in [0, 0.05) is 6.08 Å². The zero-order valence-electron chi connectivity index (χ0n) is 14.9. The molecule has 1 aromatic heterocycles. The monoisotopic (exact) mass is 365 g/mol. The van der Waals surface area contributed by atoms with E-state index in [2.05, 4.69) is 10.4 Å². The number of aromatic hydroxyl groups is 1. The third kappa shape index (κ3) is 4.46. The Bertz CT molecular complexity index is 962. The highest BCUT2D eigenvalue weighted by atomic mass is 16.5. The van der Waals surface area contributed by atoms with E-state index in [4.69, 9.17) is 9.47 Å². The molecule has 0 atom stereocenters. The third-order valence-corrected chi connectivity index (χ3v) is 3.82. The number of anilines is 1. The summed E-state index contributed by atoms with van der Waals surface area (Å²) in [5.41, 5.74) is 2.15. The molecule has 27 heavy (non-hydrogen) atoms. The van der Waals surface area contributed by atoms with E-state index in [-0.39, 0.29) is 11.7 Å². The first-order valence-corrected chi connectivity index (χ1v) is 8.14. The van der Waals surface area contributed by atoms with Crippen molar-refractivity contribution >= 4 is 17.7 Å². The average molecular weight is 365 g/mol. The molecule has 3 rings (SSSR count). The number of methoxy groups -OCH3 is 2. The van der Waals surface area contributed by atoms with Crippen LogP contribution < -0.4 is 14.8 Å². The fourth-order valence-corrected chi connectivity index (χ4v) is 2.42. The SMILES string of the molecule is COc1ccc(-n2cc(NC(=O)/C=C/c3ccc(O)c(OC)c3)cn2)cc1. The van der Waals surface area contributed by atoms with Gasteiger partial charge < -0.3 is 19.9 Å². The molecule has 0 spiro atoms.